The van der Waals surface area contributed by atoms with Crippen LogP contribution in [0.4, 0.5) is 0 Å². The van der Waals surface area contributed by atoms with E-state index in [1.54, 1.807) is 18.2 Å². The van der Waals surface area contributed by atoms with Crippen LogP contribution in [0.25, 0.3) is 11.3 Å². The molecule has 0 aliphatic heterocycles. The average Bonchev–Trinajstić information content (AvgIpc) is 3.02. The van der Waals surface area contributed by atoms with Crippen LogP contribution in [-0.2, 0) is 16.0 Å². The van der Waals surface area contributed by atoms with Crippen molar-refractivity contribution < 1.29 is 23.5 Å². The highest BCUT2D eigenvalue weighted by Gasteiger charge is 2.16. The van der Waals surface area contributed by atoms with Crippen molar-refractivity contribution in [3.63, 3.8) is 0 Å². The third kappa shape index (κ3) is 3.35. The Labute approximate surface area is 128 Å². The lowest BCUT2D eigenvalue weighted by molar-refractivity contribution is 0.0599. The Bertz CT molecular complexity index is 655. The second-order valence-electron chi connectivity index (χ2n) is 4.58. The summed E-state index contributed by atoms with van der Waals surface area (Å²) in [5, 5.41) is 2.98. The average molecular weight is 303 g/mol. The van der Waals surface area contributed by atoms with Crippen molar-refractivity contribution in [1.82, 2.24) is 5.32 Å². The number of esters is 2. The Kier molecular flexibility index (Phi) is 4.95. The van der Waals surface area contributed by atoms with Gasteiger partial charge in [0, 0.05) is 5.56 Å². The molecule has 0 spiro atoms. The molecule has 22 heavy (non-hydrogen) atoms. The number of carbonyl (C=O) groups is 2. The summed E-state index contributed by atoms with van der Waals surface area (Å²) in [6.45, 7) is 0.584. The van der Waals surface area contributed by atoms with Crippen LogP contribution in [0, 0.1) is 0 Å². The molecule has 0 atom stereocenters. The van der Waals surface area contributed by atoms with Crippen LogP contribution < -0.4 is 5.32 Å². The first kappa shape index (κ1) is 15.8. The molecule has 0 unspecified atom stereocenters. The Balaban J connectivity index is 2.48. The molecule has 0 bridgehead atoms. The molecule has 2 aromatic rings. The fourth-order valence-electron chi connectivity index (χ4n) is 2.04. The number of hydrogen-bond acceptors (Lipinski definition) is 6. The van der Waals surface area contributed by atoms with Crippen molar-refractivity contribution in [3.8, 4) is 11.3 Å². The molecule has 0 saturated heterocycles. The van der Waals surface area contributed by atoms with E-state index in [1.165, 1.54) is 20.3 Å². The smallest absolute Gasteiger partial charge is 0.337 e. The monoisotopic (exact) mass is 303 g/mol. The summed E-state index contributed by atoms with van der Waals surface area (Å²) in [6.07, 6.45) is 0. The minimum Gasteiger partial charge on any atom is -0.465 e. The standard InChI is InChI=1S/C16H17NO5/c1-17-9-13-4-5-14(22-13)10-6-11(15(18)20-2)8-12(7-10)16(19)21-3/h4-8,17H,9H2,1-3H3. The normalized spacial score (nSPS) is 10.3. The number of carbonyl (C=O) groups excluding carboxylic acids is 2. The van der Waals surface area contributed by atoms with Gasteiger partial charge >= 0.3 is 11.9 Å². The Morgan fingerprint density at radius 1 is 1.05 bits per heavy atom. The Hall–Kier alpha value is -2.60. The summed E-state index contributed by atoms with van der Waals surface area (Å²) in [5.41, 5.74) is 1.12. The quantitative estimate of drug-likeness (QED) is 0.854. The van der Waals surface area contributed by atoms with Crippen LogP contribution in [0.5, 0.6) is 0 Å². The maximum atomic E-state index is 11.8. The highest BCUT2D eigenvalue weighted by molar-refractivity contribution is 5.97. The molecule has 1 aromatic carbocycles. The number of ether oxygens (including phenoxy) is 2. The third-order valence-corrected chi connectivity index (χ3v) is 3.07. The van der Waals surface area contributed by atoms with Gasteiger partial charge in [0.15, 0.2) is 0 Å². The molecule has 0 saturated carbocycles. The number of methoxy groups -OCH3 is 2. The lowest BCUT2D eigenvalue weighted by Gasteiger charge is -2.06. The minimum absolute atomic E-state index is 0.256. The predicted octanol–water partition coefficient (Wildman–Crippen LogP) is 2.24. The van der Waals surface area contributed by atoms with Gasteiger partial charge in [0.1, 0.15) is 11.5 Å². The molecule has 2 rings (SSSR count). The van der Waals surface area contributed by atoms with Gasteiger partial charge in [-0.05, 0) is 37.4 Å². The van der Waals surface area contributed by atoms with E-state index in [1.807, 2.05) is 13.1 Å². The Morgan fingerprint density at radius 2 is 1.64 bits per heavy atom. The molecule has 0 radical (unpaired) electrons. The van der Waals surface area contributed by atoms with E-state index < -0.39 is 11.9 Å². The molecular weight excluding hydrogens is 286 g/mol. The van der Waals surface area contributed by atoms with E-state index in [2.05, 4.69) is 5.32 Å². The van der Waals surface area contributed by atoms with Gasteiger partial charge in [-0.3, -0.25) is 0 Å². The fraction of sp³-hybridized carbons (Fsp3) is 0.250. The van der Waals surface area contributed by atoms with Crippen molar-refractivity contribution in [2.24, 2.45) is 0 Å². The molecule has 0 aliphatic rings. The molecule has 1 aromatic heterocycles. The first-order chi connectivity index (χ1) is 10.6. The first-order valence-corrected chi connectivity index (χ1v) is 6.64. The summed E-state index contributed by atoms with van der Waals surface area (Å²) < 4.78 is 15.1. The zero-order valence-corrected chi connectivity index (χ0v) is 12.6. The molecule has 6 nitrogen and oxygen atoms in total. The van der Waals surface area contributed by atoms with Crippen LogP contribution in [0.15, 0.2) is 34.7 Å². The van der Waals surface area contributed by atoms with E-state index >= 15 is 0 Å². The molecular formula is C16H17NO5. The van der Waals surface area contributed by atoms with E-state index in [9.17, 15) is 9.59 Å². The molecule has 0 fully saturated rings. The zero-order chi connectivity index (χ0) is 16.1. The highest BCUT2D eigenvalue weighted by Crippen LogP contribution is 2.25. The van der Waals surface area contributed by atoms with Crippen LogP contribution >= 0.6 is 0 Å². The van der Waals surface area contributed by atoms with E-state index in [-0.39, 0.29) is 11.1 Å². The highest BCUT2D eigenvalue weighted by atomic mass is 16.5. The number of furan rings is 1. The van der Waals surface area contributed by atoms with Crippen LogP contribution in [-0.4, -0.2) is 33.2 Å². The van der Waals surface area contributed by atoms with E-state index in [0.717, 1.165) is 5.76 Å². The van der Waals surface area contributed by atoms with Gasteiger partial charge in [0.05, 0.1) is 31.9 Å². The van der Waals surface area contributed by atoms with Gasteiger partial charge in [-0.15, -0.1) is 0 Å². The fourth-order valence-corrected chi connectivity index (χ4v) is 2.04. The van der Waals surface area contributed by atoms with Gasteiger partial charge in [-0.25, -0.2) is 9.59 Å². The predicted molar refractivity (Wildman–Crippen MR) is 79.6 cm³/mol. The molecule has 116 valence electrons. The molecule has 6 heteroatoms. The van der Waals surface area contributed by atoms with Crippen molar-refractivity contribution in [1.29, 1.82) is 0 Å². The summed E-state index contributed by atoms with van der Waals surface area (Å²) in [7, 11) is 4.38. The topological polar surface area (TPSA) is 77.8 Å². The summed E-state index contributed by atoms with van der Waals surface area (Å²) in [5.74, 6) is 0.241. The van der Waals surface area contributed by atoms with E-state index in [0.29, 0.717) is 17.9 Å². The maximum absolute atomic E-state index is 11.8. The largest absolute Gasteiger partial charge is 0.465 e. The Morgan fingerprint density at radius 3 is 2.14 bits per heavy atom. The van der Waals surface area contributed by atoms with Crippen LogP contribution in [0.2, 0.25) is 0 Å². The van der Waals surface area contributed by atoms with Gasteiger partial charge < -0.3 is 19.2 Å². The van der Waals surface area contributed by atoms with Crippen LogP contribution in [0.1, 0.15) is 26.5 Å². The lowest BCUT2D eigenvalue weighted by Crippen LogP contribution is -2.07. The SMILES string of the molecule is CNCc1ccc(-c2cc(C(=O)OC)cc(C(=O)OC)c2)o1. The maximum Gasteiger partial charge on any atom is 0.337 e. The molecule has 0 amide bonds. The van der Waals surface area contributed by atoms with Crippen molar-refractivity contribution in [2.75, 3.05) is 21.3 Å². The minimum atomic E-state index is -0.533. The summed E-state index contributed by atoms with van der Waals surface area (Å²) in [4.78, 5) is 23.5. The zero-order valence-electron chi connectivity index (χ0n) is 12.6. The molecule has 0 aliphatic carbocycles. The van der Waals surface area contributed by atoms with Crippen molar-refractivity contribution in [2.45, 2.75) is 6.54 Å². The molecule has 1 heterocycles. The number of rotatable bonds is 5. The second-order valence-corrected chi connectivity index (χ2v) is 4.58. The summed E-state index contributed by atoms with van der Waals surface area (Å²) in [6, 6.07) is 8.26. The second kappa shape index (κ2) is 6.91. The number of hydrogen-bond donors (Lipinski definition) is 1. The van der Waals surface area contributed by atoms with Gasteiger partial charge in [0.25, 0.3) is 0 Å². The van der Waals surface area contributed by atoms with E-state index in [4.69, 9.17) is 13.9 Å². The molecule has 1 N–H and O–H groups in total. The van der Waals surface area contributed by atoms with Gasteiger partial charge in [-0.2, -0.15) is 0 Å². The number of benzene rings is 1. The first-order valence-electron chi connectivity index (χ1n) is 6.64. The third-order valence-electron chi connectivity index (χ3n) is 3.07. The van der Waals surface area contributed by atoms with Crippen molar-refractivity contribution in [3.05, 3.63) is 47.2 Å². The van der Waals surface area contributed by atoms with Crippen molar-refractivity contribution >= 4 is 11.9 Å². The number of nitrogens with one attached hydrogen (secondary N) is 1. The van der Waals surface area contributed by atoms with Crippen LogP contribution in [0.3, 0.4) is 0 Å². The summed E-state index contributed by atoms with van der Waals surface area (Å²) >= 11 is 0. The van der Waals surface area contributed by atoms with Gasteiger partial charge in [-0.1, -0.05) is 0 Å². The van der Waals surface area contributed by atoms with Gasteiger partial charge in [0.2, 0.25) is 0 Å². The lowest BCUT2D eigenvalue weighted by atomic mass is 10.0.